The molecule has 0 bridgehead atoms. The maximum Gasteiger partial charge on any atom is 0.326 e. The SMILES string of the molecule is CCOC(=O)Cn1c(=NC(=O)c2ccc(S(=O)(=O)N(C)C3CC3)cc2)sc2cc(S(N)(=O)=O)ccc21. The minimum Gasteiger partial charge on any atom is -0.465 e. The lowest BCUT2D eigenvalue weighted by molar-refractivity contribution is -0.143. The minimum atomic E-state index is -3.96. The molecule has 3 aromatic rings. The first-order valence-corrected chi connectivity index (χ1v) is 14.7. The standard InChI is InChI=1S/C22H24N4O7S3/c1-3-33-20(27)13-26-18-11-10-17(35(23,29)30)12-19(18)34-22(26)24-21(28)14-4-8-16(9-5-14)36(31,32)25(2)15-6-7-15/h4-5,8-12,15H,3,6-7,13H2,1-2H3,(H2,23,29,30). The third-order valence-electron chi connectivity index (χ3n) is 5.61. The van der Waals surface area contributed by atoms with Crippen molar-refractivity contribution in [1.82, 2.24) is 8.87 Å². The van der Waals surface area contributed by atoms with Crippen molar-refractivity contribution >= 4 is 53.5 Å². The highest BCUT2D eigenvalue weighted by atomic mass is 32.2. The second-order valence-electron chi connectivity index (χ2n) is 8.14. The molecule has 0 spiro atoms. The van der Waals surface area contributed by atoms with Gasteiger partial charge >= 0.3 is 5.97 Å². The van der Waals surface area contributed by atoms with Gasteiger partial charge in [0.2, 0.25) is 20.0 Å². The van der Waals surface area contributed by atoms with E-state index >= 15 is 0 Å². The normalized spacial score (nSPS) is 14.9. The van der Waals surface area contributed by atoms with Gasteiger partial charge in [0, 0.05) is 18.7 Å². The third-order valence-corrected chi connectivity index (χ3v) is 9.49. The van der Waals surface area contributed by atoms with Crippen LogP contribution in [0.25, 0.3) is 10.2 Å². The highest BCUT2D eigenvalue weighted by Gasteiger charge is 2.35. The van der Waals surface area contributed by atoms with Crippen molar-refractivity contribution < 1.29 is 31.2 Å². The monoisotopic (exact) mass is 552 g/mol. The molecule has 14 heteroatoms. The van der Waals surface area contributed by atoms with Gasteiger partial charge in [0.15, 0.2) is 4.80 Å². The number of thiazole rings is 1. The highest BCUT2D eigenvalue weighted by molar-refractivity contribution is 7.89. The fourth-order valence-corrected chi connectivity index (χ4v) is 6.62. The smallest absolute Gasteiger partial charge is 0.326 e. The van der Waals surface area contributed by atoms with Crippen LogP contribution < -0.4 is 9.94 Å². The van der Waals surface area contributed by atoms with Crippen molar-refractivity contribution in [3.05, 3.63) is 52.8 Å². The first-order chi connectivity index (χ1) is 16.9. The van der Waals surface area contributed by atoms with E-state index in [2.05, 4.69) is 4.99 Å². The number of amides is 1. The van der Waals surface area contributed by atoms with E-state index < -0.39 is 31.9 Å². The van der Waals surface area contributed by atoms with Crippen LogP contribution in [-0.2, 0) is 36.1 Å². The van der Waals surface area contributed by atoms with Gasteiger partial charge in [-0.25, -0.2) is 22.0 Å². The van der Waals surface area contributed by atoms with Crippen molar-refractivity contribution in [3.63, 3.8) is 0 Å². The van der Waals surface area contributed by atoms with Gasteiger partial charge in [0.25, 0.3) is 5.91 Å². The number of aromatic nitrogens is 1. The molecule has 2 N–H and O–H groups in total. The lowest BCUT2D eigenvalue weighted by Crippen LogP contribution is -2.28. The molecule has 2 aromatic carbocycles. The molecular weight excluding hydrogens is 528 g/mol. The molecule has 1 amide bonds. The minimum absolute atomic E-state index is 0.00360. The van der Waals surface area contributed by atoms with Gasteiger partial charge < -0.3 is 9.30 Å². The quantitative estimate of drug-likeness (QED) is 0.414. The van der Waals surface area contributed by atoms with Crippen molar-refractivity contribution in [2.24, 2.45) is 10.1 Å². The van der Waals surface area contributed by atoms with Crippen LogP contribution >= 0.6 is 11.3 Å². The van der Waals surface area contributed by atoms with E-state index in [9.17, 15) is 26.4 Å². The topological polar surface area (TPSA) is 158 Å². The molecule has 0 saturated heterocycles. The molecule has 0 aliphatic heterocycles. The molecule has 0 radical (unpaired) electrons. The zero-order chi connectivity index (χ0) is 26.3. The number of rotatable bonds is 8. The summed E-state index contributed by atoms with van der Waals surface area (Å²) in [6.45, 7) is 1.57. The average Bonchev–Trinajstić information content (AvgIpc) is 3.62. The van der Waals surface area contributed by atoms with Gasteiger partial charge in [-0.3, -0.25) is 9.59 Å². The molecule has 36 heavy (non-hydrogen) atoms. The van der Waals surface area contributed by atoms with E-state index in [0.717, 1.165) is 24.2 Å². The Hall–Kier alpha value is -2.91. The number of primary sulfonamides is 1. The summed E-state index contributed by atoms with van der Waals surface area (Å²) in [5, 5.41) is 5.22. The summed E-state index contributed by atoms with van der Waals surface area (Å²) in [4.78, 5) is 29.3. The third kappa shape index (κ3) is 5.42. The predicted molar refractivity (Wildman–Crippen MR) is 132 cm³/mol. The van der Waals surface area contributed by atoms with Crippen LogP contribution in [0, 0.1) is 0 Å². The molecule has 11 nitrogen and oxygen atoms in total. The molecule has 1 saturated carbocycles. The van der Waals surface area contributed by atoms with Gasteiger partial charge in [-0.15, -0.1) is 0 Å². The number of esters is 1. The lowest BCUT2D eigenvalue weighted by atomic mass is 10.2. The maximum absolute atomic E-state index is 12.9. The highest BCUT2D eigenvalue weighted by Crippen LogP contribution is 2.30. The number of carbonyl (C=O) groups is 2. The zero-order valence-corrected chi connectivity index (χ0v) is 21.9. The maximum atomic E-state index is 12.9. The Balaban J connectivity index is 1.72. The molecule has 1 fully saturated rings. The Morgan fingerprint density at radius 1 is 1.11 bits per heavy atom. The molecule has 1 aliphatic carbocycles. The number of hydrogen-bond acceptors (Lipinski definition) is 8. The van der Waals surface area contributed by atoms with E-state index in [1.807, 2.05) is 0 Å². The molecule has 1 aromatic heterocycles. The molecule has 0 atom stereocenters. The van der Waals surface area contributed by atoms with Crippen LogP contribution in [0.5, 0.6) is 0 Å². The zero-order valence-electron chi connectivity index (χ0n) is 19.4. The van der Waals surface area contributed by atoms with Crippen LogP contribution in [0.15, 0.2) is 57.2 Å². The second-order valence-corrected chi connectivity index (χ2v) is 12.7. The van der Waals surface area contributed by atoms with Crippen molar-refractivity contribution in [2.75, 3.05) is 13.7 Å². The van der Waals surface area contributed by atoms with Crippen LogP contribution in [-0.4, -0.2) is 57.3 Å². The summed E-state index contributed by atoms with van der Waals surface area (Å²) in [5.74, 6) is -1.22. The van der Waals surface area contributed by atoms with Gasteiger partial charge in [-0.2, -0.15) is 9.30 Å². The Morgan fingerprint density at radius 2 is 1.75 bits per heavy atom. The predicted octanol–water partition coefficient (Wildman–Crippen LogP) is 1.44. The summed E-state index contributed by atoms with van der Waals surface area (Å²) < 4.78 is 57.2. The Kier molecular flexibility index (Phi) is 7.16. The molecule has 0 unspecified atom stereocenters. The van der Waals surface area contributed by atoms with Crippen LogP contribution in [0.4, 0.5) is 0 Å². The summed E-state index contributed by atoms with van der Waals surface area (Å²) in [6.07, 6.45) is 1.65. The fourth-order valence-electron chi connectivity index (χ4n) is 3.53. The van der Waals surface area contributed by atoms with Crippen LogP contribution in [0.3, 0.4) is 0 Å². The van der Waals surface area contributed by atoms with E-state index in [1.54, 1.807) is 6.92 Å². The molecule has 4 rings (SSSR count). The van der Waals surface area contributed by atoms with Crippen molar-refractivity contribution in [2.45, 2.75) is 42.1 Å². The Morgan fingerprint density at radius 3 is 2.33 bits per heavy atom. The molecule has 1 heterocycles. The first-order valence-electron chi connectivity index (χ1n) is 10.9. The lowest BCUT2D eigenvalue weighted by Gasteiger charge is -2.16. The summed E-state index contributed by atoms with van der Waals surface area (Å²) in [6, 6.07) is 9.59. The first kappa shape index (κ1) is 26.2. The van der Waals surface area contributed by atoms with Crippen molar-refractivity contribution in [3.8, 4) is 0 Å². The van der Waals surface area contributed by atoms with E-state index in [1.165, 1.54) is 58.4 Å². The van der Waals surface area contributed by atoms with Gasteiger partial charge in [-0.1, -0.05) is 11.3 Å². The number of benzene rings is 2. The number of carbonyl (C=O) groups excluding carboxylic acids is 2. The summed E-state index contributed by atoms with van der Waals surface area (Å²) >= 11 is 1.00. The largest absolute Gasteiger partial charge is 0.465 e. The molecular formula is C22H24N4O7S3. The number of nitrogens with zero attached hydrogens (tertiary/aromatic N) is 3. The van der Waals surface area contributed by atoms with Crippen LogP contribution in [0.1, 0.15) is 30.1 Å². The van der Waals surface area contributed by atoms with E-state index in [0.29, 0.717) is 10.2 Å². The van der Waals surface area contributed by atoms with Crippen molar-refractivity contribution in [1.29, 1.82) is 0 Å². The summed E-state index contributed by atoms with van der Waals surface area (Å²) in [5.41, 5.74) is 0.616. The second kappa shape index (κ2) is 9.86. The van der Waals surface area contributed by atoms with Gasteiger partial charge in [0.1, 0.15) is 6.54 Å². The molecule has 192 valence electrons. The Bertz CT molecular complexity index is 1620. The fraction of sp³-hybridized carbons (Fsp3) is 0.318. The Labute approximate surface area is 211 Å². The number of fused-ring (bicyclic) bond motifs is 1. The summed E-state index contributed by atoms with van der Waals surface area (Å²) in [7, 11) is -6.09. The number of hydrogen-bond donors (Lipinski definition) is 1. The van der Waals surface area contributed by atoms with Gasteiger partial charge in [-0.05, 0) is 62.2 Å². The van der Waals surface area contributed by atoms with E-state index in [-0.39, 0.29) is 39.3 Å². The number of sulfonamides is 2. The number of ether oxygens (including phenoxy) is 1. The average molecular weight is 553 g/mol. The van der Waals surface area contributed by atoms with Crippen LogP contribution in [0.2, 0.25) is 0 Å². The number of nitrogens with two attached hydrogens (primary N) is 1. The van der Waals surface area contributed by atoms with Gasteiger partial charge in [0.05, 0.1) is 26.6 Å². The van der Waals surface area contributed by atoms with E-state index in [4.69, 9.17) is 9.88 Å². The molecule has 1 aliphatic rings.